The first kappa shape index (κ1) is 11.8. The van der Waals surface area contributed by atoms with Gasteiger partial charge in [0.25, 0.3) is 0 Å². The number of fused-ring (bicyclic) bond motifs is 1. The summed E-state index contributed by atoms with van der Waals surface area (Å²) in [6.45, 7) is 3.84. The number of aromatic nitrogens is 1. The third-order valence-corrected chi connectivity index (χ3v) is 3.71. The normalized spacial score (nSPS) is 23.2. The molecule has 1 aromatic carbocycles. The van der Waals surface area contributed by atoms with Crippen molar-refractivity contribution in [3.63, 3.8) is 0 Å². The Morgan fingerprint density at radius 2 is 2.22 bits per heavy atom. The van der Waals surface area contributed by atoms with Crippen LogP contribution in [0.5, 0.6) is 0 Å². The molecule has 96 valence electrons. The van der Waals surface area contributed by atoms with Crippen LogP contribution in [-0.4, -0.2) is 23.7 Å². The first-order chi connectivity index (χ1) is 8.85. The number of benzene rings is 1. The van der Waals surface area contributed by atoms with Crippen LogP contribution in [0.4, 0.5) is 0 Å². The predicted molar refractivity (Wildman–Crippen MR) is 73.6 cm³/mol. The minimum absolute atomic E-state index is 0.485. The maximum atomic E-state index is 5.56. The summed E-state index contributed by atoms with van der Waals surface area (Å²) in [4.78, 5) is 3.25. The van der Waals surface area contributed by atoms with E-state index in [4.69, 9.17) is 4.74 Å². The number of rotatable bonds is 5. The lowest BCUT2D eigenvalue weighted by Gasteiger charge is -2.35. The van der Waals surface area contributed by atoms with E-state index in [-0.39, 0.29) is 0 Å². The van der Waals surface area contributed by atoms with Gasteiger partial charge in [0.05, 0.1) is 6.10 Å². The number of H-pyrrole nitrogens is 1. The van der Waals surface area contributed by atoms with Crippen molar-refractivity contribution < 1.29 is 4.74 Å². The fraction of sp³-hybridized carbons (Fsp3) is 0.467. The third-order valence-electron chi connectivity index (χ3n) is 3.71. The lowest BCUT2D eigenvalue weighted by atomic mass is 9.89. The minimum atomic E-state index is 0.485. The predicted octanol–water partition coefficient (Wildman–Crippen LogP) is 2.83. The molecule has 0 saturated heterocycles. The van der Waals surface area contributed by atoms with Gasteiger partial charge in [0.1, 0.15) is 0 Å². The maximum Gasteiger partial charge on any atom is 0.0604 e. The SMILES string of the molecule is CCOC1CC(NCc2ccc3cc[nH]c3c2)C1. The number of hydrogen-bond donors (Lipinski definition) is 2. The molecule has 1 aromatic heterocycles. The van der Waals surface area contributed by atoms with Crippen molar-refractivity contribution in [1.82, 2.24) is 10.3 Å². The number of aromatic amines is 1. The maximum absolute atomic E-state index is 5.56. The average molecular weight is 244 g/mol. The van der Waals surface area contributed by atoms with E-state index < -0.39 is 0 Å². The average Bonchev–Trinajstić information content (AvgIpc) is 2.79. The second kappa shape index (κ2) is 5.12. The molecule has 3 nitrogen and oxygen atoms in total. The zero-order valence-electron chi connectivity index (χ0n) is 10.8. The lowest BCUT2D eigenvalue weighted by Crippen LogP contribution is -2.45. The Bertz CT molecular complexity index is 514. The number of ether oxygens (including phenoxy) is 1. The van der Waals surface area contributed by atoms with Crippen molar-refractivity contribution in [3.8, 4) is 0 Å². The van der Waals surface area contributed by atoms with Gasteiger partial charge in [-0.3, -0.25) is 0 Å². The Morgan fingerprint density at radius 3 is 3.06 bits per heavy atom. The van der Waals surface area contributed by atoms with Crippen LogP contribution in [0.3, 0.4) is 0 Å². The van der Waals surface area contributed by atoms with Crippen molar-refractivity contribution in [2.45, 2.75) is 38.5 Å². The van der Waals surface area contributed by atoms with E-state index in [1.54, 1.807) is 0 Å². The highest BCUT2D eigenvalue weighted by molar-refractivity contribution is 5.79. The quantitative estimate of drug-likeness (QED) is 0.848. The highest BCUT2D eigenvalue weighted by atomic mass is 16.5. The standard InChI is InChI=1S/C15H20N2O/c1-2-18-14-8-13(9-14)17-10-11-3-4-12-5-6-16-15(12)7-11/h3-7,13-14,16-17H,2,8-10H2,1H3. The van der Waals surface area contributed by atoms with E-state index in [9.17, 15) is 0 Å². The van der Waals surface area contributed by atoms with Gasteiger partial charge in [-0.2, -0.15) is 0 Å². The van der Waals surface area contributed by atoms with E-state index in [2.05, 4.69) is 41.5 Å². The van der Waals surface area contributed by atoms with Gasteiger partial charge in [-0.25, -0.2) is 0 Å². The van der Waals surface area contributed by atoms with Crippen LogP contribution in [0.1, 0.15) is 25.3 Å². The van der Waals surface area contributed by atoms with Crippen molar-refractivity contribution >= 4 is 10.9 Å². The molecule has 18 heavy (non-hydrogen) atoms. The van der Waals surface area contributed by atoms with Gasteiger partial charge in [0.15, 0.2) is 0 Å². The smallest absolute Gasteiger partial charge is 0.0604 e. The van der Waals surface area contributed by atoms with E-state index in [0.717, 1.165) is 26.0 Å². The van der Waals surface area contributed by atoms with Crippen LogP contribution in [0.25, 0.3) is 10.9 Å². The minimum Gasteiger partial charge on any atom is -0.378 e. The first-order valence-corrected chi connectivity index (χ1v) is 6.76. The summed E-state index contributed by atoms with van der Waals surface area (Å²) in [7, 11) is 0. The van der Waals surface area contributed by atoms with E-state index in [0.29, 0.717) is 12.1 Å². The van der Waals surface area contributed by atoms with Crippen molar-refractivity contribution in [1.29, 1.82) is 0 Å². The summed E-state index contributed by atoms with van der Waals surface area (Å²) in [6.07, 6.45) is 4.77. The molecule has 3 rings (SSSR count). The van der Waals surface area contributed by atoms with Gasteiger partial charge >= 0.3 is 0 Å². The molecule has 0 atom stereocenters. The largest absolute Gasteiger partial charge is 0.378 e. The van der Waals surface area contributed by atoms with Gasteiger partial charge in [0.2, 0.25) is 0 Å². The molecule has 1 heterocycles. The van der Waals surface area contributed by atoms with Crippen molar-refractivity contribution in [2.24, 2.45) is 0 Å². The monoisotopic (exact) mass is 244 g/mol. The molecule has 0 unspecified atom stereocenters. The van der Waals surface area contributed by atoms with Gasteiger partial charge in [-0.1, -0.05) is 12.1 Å². The molecule has 1 aliphatic carbocycles. The molecular weight excluding hydrogens is 224 g/mol. The van der Waals surface area contributed by atoms with Gasteiger partial charge < -0.3 is 15.0 Å². The zero-order chi connectivity index (χ0) is 12.4. The molecule has 2 aromatic rings. The first-order valence-electron chi connectivity index (χ1n) is 6.76. The van der Waals surface area contributed by atoms with Crippen LogP contribution in [0, 0.1) is 0 Å². The zero-order valence-corrected chi connectivity index (χ0v) is 10.8. The summed E-state index contributed by atoms with van der Waals surface area (Å²) in [5.41, 5.74) is 2.56. The molecule has 0 radical (unpaired) electrons. The molecule has 0 spiro atoms. The molecule has 0 amide bonds. The summed E-state index contributed by atoms with van der Waals surface area (Å²) in [5.74, 6) is 0. The van der Waals surface area contributed by atoms with Crippen LogP contribution >= 0.6 is 0 Å². The topological polar surface area (TPSA) is 37.0 Å². The fourth-order valence-corrected chi connectivity index (χ4v) is 2.57. The Kier molecular flexibility index (Phi) is 3.35. The Hall–Kier alpha value is -1.32. The molecule has 0 bridgehead atoms. The molecule has 1 fully saturated rings. The lowest BCUT2D eigenvalue weighted by molar-refractivity contribution is -0.0102. The van der Waals surface area contributed by atoms with Crippen molar-refractivity contribution in [3.05, 3.63) is 36.0 Å². The second-order valence-electron chi connectivity index (χ2n) is 5.03. The molecular formula is C15H20N2O. The molecule has 2 N–H and O–H groups in total. The highest BCUT2D eigenvalue weighted by Crippen LogP contribution is 2.23. The molecule has 1 aliphatic rings. The summed E-state index contributed by atoms with van der Waals surface area (Å²) in [5, 5.41) is 4.86. The van der Waals surface area contributed by atoms with Gasteiger partial charge in [-0.05, 0) is 42.8 Å². The summed E-state index contributed by atoms with van der Waals surface area (Å²) >= 11 is 0. The Balaban J connectivity index is 1.51. The second-order valence-corrected chi connectivity index (χ2v) is 5.03. The van der Waals surface area contributed by atoms with Gasteiger partial charge in [-0.15, -0.1) is 0 Å². The molecule has 1 saturated carbocycles. The highest BCUT2D eigenvalue weighted by Gasteiger charge is 2.28. The summed E-state index contributed by atoms with van der Waals surface area (Å²) in [6, 6.07) is 9.32. The van der Waals surface area contributed by atoms with Crippen molar-refractivity contribution in [2.75, 3.05) is 6.61 Å². The van der Waals surface area contributed by atoms with Crippen LogP contribution in [-0.2, 0) is 11.3 Å². The van der Waals surface area contributed by atoms with Gasteiger partial charge in [0, 0.05) is 30.9 Å². The fourth-order valence-electron chi connectivity index (χ4n) is 2.57. The van der Waals surface area contributed by atoms with E-state index in [1.165, 1.54) is 16.5 Å². The third kappa shape index (κ3) is 2.42. The number of nitrogens with one attached hydrogen (secondary N) is 2. The molecule has 3 heteroatoms. The Labute approximate surface area is 108 Å². The number of hydrogen-bond acceptors (Lipinski definition) is 2. The summed E-state index contributed by atoms with van der Waals surface area (Å²) < 4.78 is 5.56. The van der Waals surface area contributed by atoms with E-state index >= 15 is 0 Å². The van der Waals surface area contributed by atoms with Crippen LogP contribution in [0.2, 0.25) is 0 Å². The van der Waals surface area contributed by atoms with E-state index in [1.807, 2.05) is 6.20 Å². The molecule has 0 aliphatic heterocycles. The van der Waals surface area contributed by atoms with Crippen LogP contribution < -0.4 is 5.32 Å². The Morgan fingerprint density at radius 1 is 1.33 bits per heavy atom. The van der Waals surface area contributed by atoms with Crippen LogP contribution in [0.15, 0.2) is 30.5 Å².